The Bertz CT molecular complexity index is 951. The number of aromatic nitrogens is 6. The van der Waals surface area contributed by atoms with Crippen molar-refractivity contribution >= 4 is 24.0 Å². The average molecular weight is 419 g/mol. The molecule has 3 aromatic rings. The number of ether oxygens (including phenoxy) is 1. The fourth-order valence-corrected chi connectivity index (χ4v) is 3.40. The molecule has 0 spiro atoms. The standard InChI is InChI=1S/C18H22N8O2.ClH/c1-28-17-7-6-14(25-10-20-21-11-25)8-15(17)22-18(27)16-9-26(24-23-16)13-4-2-12(19)3-5-13;/h6-13H,2-5,19H2,1H3,(H,22,27);1H. The molecular weight excluding hydrogens is 396 g/mol. The minimum atomic E-state index is -0.349. The highest BCUT2D eigenvalue weighted by Gasteiger charge is 2.22. The van der Waals surface area contributed by atoms with E-state index in [0.717, 1.165) is 31.4 Å². The lowest BCUT2D eigenvalue weighted by Crippen LogP contribution is -2.28. The summed E-state index contributed by atoms with van der Waals surface area (Å²) in [5.74, 6) is 0.191. The van der Waals surface area contributed by atoms with Gasteiger partial charge in [0.2, 0.25) is 0 Å². The lowest BCUT2D eigenvalue weighted by Gasteiger charge is -2.25. The smallest absolute Gasteiger partial charge is 0.277 e. The molecule has 154 valence electrons. The van der Waals surface area contributed by atoms with Gasteiger partial charge in [-0.05, 0) is 43.9 Å². The molecule has 0 saturated heterocycles. The highest BCUT2D eigenvalue weighted by atomic mass is 35.5. The molecule has 2 aromatic heterocycles. The minimum absolute atomic E-state index is 0. The third kappa shape index (κ3) is 4.54. The normalized spacial score (nSPS) is 18.7. The van der Waals surface area contributed by atoms with Crippen LogP contribution in [-0.2, 0) is 0 Å². The molecule has 3 N–H and O–H groups in total. The molecule has 11 heteroatoms. The number of hydrogen-bond donors (Lipinski definition) is 2. The molecular formula is C18H23ClN8O2. The Morgan fingerprint density at radius 2 is 1.93 bits per heavy atom. The summed E-state index contributed by atoms with van der Waals surface area (Å²) in [6.07, 6.45) is 8.65. The van der Waals surface area contributed by atoms with Gasteiger partial charge in [-0.25, -0.2) is 4.68 Å². The van der Waals surface area contributed by atoms with Crippen LogP contribution in [0.5, 0.6) is 5.75 Å². The molecule has 0 unspecified atom stereocenters. The number of carbonyl (C=O) groups excluding carboxylic acids is 1. The number of hydrogen-bond acceptors (Lipinski definition) is 7. The maximum absolute atomic E-state index is 12.7. The third-order valence-electron chi connectivity index (χ3n) is 5.01. The first kappa shape index (κ1) is 20.7. The summed E-state index contributed by atoms with van der Waals surface area (Å²) in [7, 11) is 1.55. The summed E-state index contributed by atoms with van der Waals surface area (Å²) >= 11 is 0. The van der Waals surface area contributed by atoms with E-state index < -0.39 is 0 Å². The second kappa shape index (κ2) is 9.01. The molecule has 1 aliphatic carbocycles. The maximum atomic E-state index is 12.7. The number of benzene rings is 1. The van der Waals surface area contributed by atoms with Gasteiger partial charge < -0.3 is 15.8 Å². The first-order valence-corrected chi connectivity index (χ1v) is 9.16. The van der Waals surface area contributed by atoms with E-state index in [1.165, 1.54) is 0 Å². The van der Waals surface area contributed by atoms with Crippen molar-refractivity contribution in [1.82, 2.24) is 29.8 Å². The Kier molecular flexibility index (Phi) is 6.45. The first-order valence-electron chi connectivity index (χ1n) is 9.16. The van der Waals surface area contributed by atoms with E-state index >= 15 is 0 Å². The van der Waals surface area contributed by atoms with Crippen molar-refractivity contribution in [2.45, 2.75) is 37.8 Å². The van der Waals surface area contributed by atoms with E-state index in [4.69, 9.17) is 10.5 Å². The minimum Gasteiger partial charge on any atom is -0.495 e. The van der Waals surface area contributed by atoms with Crippen LogP contribution in [0.4, 0.5) is 5.69 Å². The van der Waals surface area contributed by atoms with Crippen molar-refractivity contribution in [1.29, 1.82) is 0 Å². The number of carbonyl (C=O) groups is 1. The van der Waals surface area contributed by atoms with Crippen molar-refractivity contribution in [3.05, 3.63) is 42.7 Å². The summed E-state index contributed by atoms with van der Waals surface area (Å²) in [6.45, 7) is 0. The van der Waals surface area contributed by atoms with Crippen LogP contribution in [0.25, 0.3) is 5.69 Å². The van der Waals surface area contributed by atoms with Gasteiger partial charge in [0.1, 0.15) is 18.4 Å². The number of rotatable bonds is 5. The number of halogens is 1. The number of nitrogens with zero attached hydrogens (tertiary/aromatic N) is 6. The van der Waals surface area contributed by atoms with Crippen molar-refractivity contribution in [2.24, 2.45) is 5.73 Å². The van der Waals surface area contributed by atoms with E-state index in [0.29, 0.717) is 11.4 Å². The number of amides is 1. The molecule has 29 heavy (non-hydrogen) atoms. The van der Waals surface area contributed by atoms with E-state index in [-0.39, 0.29) is 36.1 Å². The van der Waals surface area contributed by atoms with Crippen molar-refractivity contribution in [2.75, 3.05) is 12.4 Å². The topological polar surface area (TPSA) is 126 Å². The van der Waals surface area contributed by atoms with Gasteiger partial charge in [-0.1, -0.05) is 5.21 Å². The van der Waals surface area contributed by atoms with E-state index in [1.807, 2.05) is 6.07 Å². The van der Waals surface area contributed by atoms with Crippen LogP contribution in [0.15, 0.2) is 37.1 Å². The number of methoxy groups -OCH3 is 1. The second-order valence-electron chi connectivity index (χ2n) is 6.86. The fraction of sp³-hybridized carbons (Fsp3) is 0.389. The molecule has 1 saturated carbocycles. The molecule has 0 bridgehead atoms. The van der Waals surface area contributed by atoms with Crippen LogP contribution < -0.4 is 15.8 Å². The van der Waals surface area contributed by atoms with Gasteiger partial charge in [0.15, 0.2) is 5.69 Å². The Balaban J connectivity index is 0.00000240. The van der Waals surface area contributed by atoms with Crippen LogP contribution in [0.3, 0.4) is 0 Å². The van der Waals surface area contributed by atoms with Crippen LogP contribution in [0.1, 0.15) is 42.2 Å². The Morgan fingerprint density at radius 3 is 2.62 bits per heavy atom. The molecule has 1 fully saturated rings. The Morgan fingerprint density at radius 1 is 1.21 bits per heavy atom. The molecule has 10 nitrogen and oxygen atoms in total. The lowest BCUT2D eigenvalue weighted by molar-refractivity contribution is 0.102. The van der Waals surface area contributed by atoms with Gasteiger partial charge >= 0.3 is 0 Å². The zero-order chi connectivity index (χ0) is 19.5. The first-order chi connectivity index (χ1) is 13.6. The summed E-state index contributed by atoms with van der Waals surface area (Å²) < 4.78 is 8.86. The lowest BCUT2D eigenvalue weighted by atomic mass is 9.92. The summed E-state index contributed by atoms with van der Waals surface area (Å²) in [4.78, 5) is 12.7. The predicted molar refractivity (Wildman–Crippen MR) is 109 cm³/mol. The van der Waals surface area contributed by atoms with E-state index in [2.05, 4.69) is 25.8 Å². The molecule has 1 aliphatic rings. The van der Waals surface area contributed by atoms with Crippen LogP contribution in [-0.4, -0.2) is 48.8 Å². The third-order valence-corrected chi connectivity index (χ3v) is 5.01. The molecule has 0 aliphatic heterocycles. The zero-order valence-corrected chi connectivity index (χ0v) is 16.7. The maximum Gasteiger partial charge on any atom is 0.277 e. The highest BCUT2D eigenvalue weighted by Crippen LogP contribution is 2.29. The van der Waals surface area contributed by atoms with Gasteiger partial charge in [-0.3, -0.25) is 9.36 Å². The summed E-state index contributed by atoms with van der Waals surface area (Å²) in [5, 5.41) is 18.6. The monoisotopic (exact) mass is 418 g/mol. The molecule has 2 heterocycles. The fourth-order valence-electron chi connectivity index (χ4n) is 3.40. The Hall–Kier alpha value is -2.98. The van der Waals surface area contributed by atoms with Crippen LogP contribution >= 0.6 is 12.4 Å². The quantitative estimate of drug-likeness (QED) is 0.648. The average Bonchev–Trinajstić information content (AvgIpc) is 3.41. The molecule has 0 atom stereocenters. The van der Waals surface area contributed by atoms with E-state index in [1.54, 1.807) is 47.3 Å². The van der Waals surface area contributed by atoms with Gasteiger partial charge in [0, 0.05) is 6.04 Å². The second-order valence-corrected chi connectivity index (χ2v) is 6.86. The number of nitrogens with two attached hydrogens (primary N) is 1. The van der Waals surface area contributed by atoms with Gasteiger partial charge in [0.25, 0.3) is 5.91 Å². The summed E-state index contributed by atoms with van der Waals surface area (Å²) in [6, 6.07) is 5.90. The highest BCUT2D eigenvalue weighted by molar-refractivity contribution is 6.03. The zero-order valence-electron chi connectivity index (χ0n) is 15.9. The van der Waals surface area contributed by atoms with Crippen molar-refractivity contribution in [3.63, 3.8) is 0 Å². The molecule has 4 rings (SSSR count). The predicted octanol–water partition coefficient (Wildman–Crippen LogP) is 1.98. The molecule has 1 amide bonds. The van der Waals surface area contributed by atoms with Crippen molar-refractivity contribution < 1.29 is 9.53 Å². The SMILES string of the molecule is COc1ccc(-n2cnnc2)cc1NC(=O)c1cn(C2CCC(N)CC2)nn1.Cl. The van der Waals surface area contributed by atoms with Gasteiger partial charge in [-0.2, -0.15) is 0 Å². The van der Waals surface area contributed by atoms with Gasteiger partial charge in [-0.15, -0.1) is 27.7 Å². The number of nitrogens with one attached hydrogen (secondary N) is 1. The van der Waals surface area contributed by atoms with Crippen LogP contribution in [0.2, 0.25) is 0 Å². The molecule has 1 aromatic carbocycles. The van der Waals surface area contributed by atoms with Gasteiger partial charge in [0.05, 0.1) is 30.7 Å². The van der Waals surface area contributed by atoms with E-state index in [9.17, 15) is 4.79 Å². The Labute approximate surface area is 173 Å². The number of anilines is 1. The van der Waals surface area contributed by atoms with Crippen molar-refractivity contribution in [3.8, 4) is 11.4 Å². The largest absolute Gasteiger partial charge is 0.495 e. The molecule has 0 radical (unpaired) electrons. The van der Waals surface area contributed by atoms with Crippen LogP contribution in [0, 0.1) is 0 Å². The summed E-state index contributed by atoms with van der Waals surface area (Å²) in [5.41, 5.74) is 7.53.